The molecular formula is C13H7BrN4OS. The summed E-state index contributed by atoms with van der Waals surface area (Å²) in [6, 6.07) is 11.7. The lowest BCUT2D eigenvalue weighted by Gasteiger charge is -1.95. The van der Waals surface area contributed by atoms with Gasteiger partial charge in [-0.25, -0.2) is 0 Å². The molecule has 0 spiro atoms. The van der Waals surface area contributed by atoms with E-state index < -0.39 is 0 Å². The number of fused-ring (bicyclic) bond motifs is 1. The van der Waals surface area contributed by atoms with Gasteiger partial charge in [-0.05, 0) is 24.3 Å². The molecule has 0 saturated heterocycles. The van der Waals surface area contributed by atoms with Crippen molar-refractivity contribution in [1.82, 2.24) is 19.8 Å². The van der Waals surface area contributed by atoms with Crippen molar-refractivity contribution in [1.29, 1.82) is 0 Å². The van der Waals surface area contributed by atoms with Gasteiger partial charge in [-0.1, -0.05) is 39.4 Å². The third-order valence-electron chi connectivity index (χ3n) is 2.80. The Morgan fingerprint density at radius 1 is 1.15 bits per heavy atom. The molecule has 0 bridgehead atoms. The highest BCUT2D eigenvalue weighted by atomic mass is 79.9. The minimum absolute atomic E-state index is 0.613. The van der Waals surface area contributed by atoms with E-state index >= 15 is 0 Å². The highest BCUT2D eigenvalue weighted by Gasteiger charge is 2.15. The minimum atomic E-state index is 0.613. The van der Waals surface area contributed by atoms with Crippen molar-refractivity contribution < 1.29 is 4.42 Å². The van der Waals surface area contributed by atoms with E-state index in [-0.39, 0.29) is 0 Å². The largest absolute Gasteiger partial charge is 0.461 e. The van der Waals surface area contributed by atoms with Gasteiger partial charge >= 0.3 is 0 Å². The van der Waals surface area contributed by atoms with E-state index in [1.807, 2.05) is 36.4 Å². The molecule has 20 heavy (non-hydrogen) atoms. The summed E-state index contributed by atoms with van der Waals surface area (Å²) in [5.74, 6) is 1.27. The molecule has 0 fully saturated rings. The van der Waals surface area contributed by atoms with Crippen molar-refractivity contribution in [2.75, 3.05) is 0 Å². The van der Waals surface area contributed by atoms with Crippen molar-refractivity contribution in [3.63, 3.8) is 0 Å². The van der Waals surface area contributed by atoms with Crippen LogP contribution in [0, 0.1) is 0 Å². The van der Waals surface area contributed by atoms with E-state index in [9.17, 15) is 0 Å². The van der Waals surface area contributed by atoms with Crippen molar-refractivity contribution in [2.24, 2.45) is 0 Å². The standard InChI is InChI=1S/C13H7BrN4OS/c14-9-4-1-3-8(7-9)12-17-18-11(10-5-2-6-19-10)15-16-13(18)20-12/h1-7H. The zero-order chi connectivity index (χ0) is 13.5. The molecule has 0 unspecified atom stereocenters. The van der Waals surface area contributed by atoms with E-state index in [0.29, 0.717) is 11.6 Å². The fourth-order valence-electron chi connectivity index (χ4n) is 1.91. The van der Waals surface area contributed by atoms with E-state index in [4.69, 9.17) is 4.42 Å². The molecule has 0 saturated carbocycles. The van der Waals surface area contributed by atoms with E-state index in [1.165, 1.54) is 11.3 Å². The Hall–Kier alpha value is -1.99. The predicted octanol–water partition coefficient (Wildman–Crippen LogP) is 3.88. The Morgan fingerprint density at radius 3 is 2.90 bits per heavy atom. The molecule has 98 valence electrons. The number of aromatic nitrogens is 4. The average Bonchev–Trinajstić information content (AvgIpc) is 3.14. The first-order chi connectivity index (χ1) is 9.81. The van der Waals surface area contributed by atoms with Crippen molar-refractivity contribution in [3.8, 4) is 22.2 Å². The van der Waals surface area contributed by atoms with Gasteiger partial charge in [0.25, 0.3) is 0 Å². The Kier molecular flexibility index (Phi) is 2.68. The lowest BCUT2D eigenvalue weighted by Crippen LogP contribution is -1.89. The maximum absolute atomic E-state index is 5.35. The molecule has 4 aromatic rings. The molecular weight excluding hydrogens is 340 g/mol. The molecule has 3 aromatic heterocycles. The maximum atomic E-state index is 5.35. The molecule has 5 nitrogen and oxygen atoms in total. The van der Waals surface area contributed by atoms with Gasteiger partial charge in [0.1, 0.15) is 5.01 Å². The van der Waals surface area contributed by atoms with Gasteiger partial charge in [0.15, 0.2) is 5.76 Å². The highest BCUT2D eigenvalue weighted by molar-refractivity contribution is 9.10. The summed E-state index contributed by atoms with van der Waals surface area (Å²) in [5.41, 5.74) is 1.04. The van der Waals surface area contributed by atoms with Gasteiger partial charge in [0.05, 0.1) is 6.26 Å². The second-order valence-corrected chi connectivity index (χ2v) is 5.98. The van der Waals surface area contributed by atoms with Crippen LogP contribution in [0.3, 0.4) is 0 Å². The molecule has 7 heteroatoms. The number of furan rings is 1. The second-order valence-electron chi connectivity index (χ2n) is 4.11. The van der Waals surface area contributed by atoms with Crippen molar-refractivity contribution in [3.05, 3.63) is 47.1 Å². The molecule has 0 atom stereocenters. The molecule has 0 N–H and O–H groups in total. The third kappa shape index (κ3) is 1.86. The van der Waals surface area contributed by atoms with Gasteiger partial charge in [0, 0.05) is 10.0 Å². The SMILES string of the molecule is Brc1cccc(-c2nn3c(-c4ccco4)nnc3s2)c1. The summed E-state index contributed by atoms with van der Waals surface area (Å²) in [6.07, 6.45) is 1.61. The lowest BCUT2D eigenvalue weighted by molar-refractivity contribution is 0.575. The zero-order valence-corrected chi connectivity index (χ0v) is 12.4. The van der Waals surface area contributed by atoms with Crippen LogP contribution in [-0.2, 0) is 0 Å². The molecule has 3 heterocycles. The maximum Gasteiger partial charge on any atom is 0.235 e. The summed E-state index contributed by atoms with van der Waals surface area (Å²) in [5, 5.41) is 13.7. The Morgan fingerprint density at radius 2 is 2.10 bits per heavy atom. The van der Waals surface area contributed by atoms with Crippen LogP contribution in [0.1, 0.15) is 0 Å². The summed E-state index contributed by atoms with van der Waals surface area (Å²) >= 11 is 4.96. The molecule has 4 rings (SSSR count). The van der Waals surface area contributed by atoms with Crippen LogP contribution in [0.15, 0.2) is 51.6 Å². The normalized spacial score (nSPS) is 11.2. The number of benzene rings is 1. The fourth-order valence-corrected chi connectivity index (χ4v) is 3.15. The molecule has 1 aromatic carbocycles. The molecule has 0 amide bonds. The molecule has 0 aliphatic rings. The van der Waals surface area contributed by atoms with E-state index in [2.05, 4.69) is 31.2 Å². The summed E-state index contributed by atoms with van der Waals surface area (Å²) in [4.78, 5) is 0.742. The van der Waals surface area contributed by atoms with E-state index in [1.54, 1.807) is 10.8 Å². The van der Waals surface area contributed by atoms with Crippen LogP contribution in [-0.4, -0.2) is 19.8 Å². The highest BCUT2D eigenvalue weighted by Crippen LogP contribution is 2.29. The van der Waals surface area contributed by atoms with Crippen LogP contribution in [0.4, 0.5) is 0 Å². The predicted molar refractivity (Wildman–Crippen MR) is 79.5 cm³/mol. The number of rotatable bonds is 2. The monoisotopic (exact) mass is 346 g/mol. The van der Waals surface area contributed by atoms with Crippen molar-refractivity contribution >= 4 is 32.2 Å². The molecule has 0 radical (unpaired) electrons. The number of hydrogen-bond donors (Lipinski definition) is 0. The number of nitrogens with zero attached hydrogens (tertiary/aromatic N) is 4. The fraction of sp³-hybridized carbons (Fsp3) is 0. The second kappa shape index (κ2) is 4.53. The first-order valence-electron chi connectivity index (χ1n) is 5.83. The van der Waals surface area contributed by atoms with Gasteiger partial charge in [-0.3, -0.25) is 0 Å². The topological polar surface area (TPSA) is 56.2 Å². The number of hydrogen-bond acceptors (Lipinski definition) is 5. The van der Waals surface area contributed by atoms with Gasteiger partial charge in [0.2, 0.25) is 10.8 Å². The Bertz CT molecular complexity index is 881. The summed E-state index contributed by atoms with van der Waals surface area (Å²) in [7, 11) is 0. The zero-order valence-electron chi connectivity index (χ0n) is 10.0. The lowest BCUT2D eigenvalue weighted by atomic mass is 10.2. The van der Waals surface area contributed by atoms with Gasteiger partial charge in [-0.2, -0.15) is 9.61 Å². The van der Waals surface area contributed by atoms with Crippen LogP contribution < -0.4 is 0 Å². The molecule has 0 aliphatic heterocycles. The van der Waals surface area contributed by atoms with Gasteiger partial charge in [-0.15, -0.1) is 10.2 Å². The first-order valence-corrected chi connectivity index (χ1v) is 7.44. The van der Waals surface area contributed by atoms with Crippen LogP contribution >= 0.6 is 27.3 Å². The quantitative estimate of drug-likeness (QED) is 0.552. The van der Waals surface area contributed by atoms with Crippen LogP contribution in [0.25, 0.3) is 27.1 Å². The Labute approximate surface area is 126 Å². The smallest absolute Gasteiger partial charge is 0.235 e. The van der Waals surface area contributed by atoms with Crippen LogP contribution in [0.5, 0.6) is 0 Å². The third-order valence-corrected chi connectivity index (χ3v) is 4.25. The summed E-state index contributed by atoms with van der Waals surface area (Å²) in [6.45, 7) is 0. The summed E-state index contributed by atoms with van der Waals surface area (Å²) < 4.78 is 8.08. The minimum Gasteiger partial charge on any atom is -0.461 e. The van der Waals surface area contributed by atoms with Crippen LogP contribution in [0.2, 0.25) is 0 Å². The van der Waals surface area contributed by atoms with Gasteiger partial charge < -0.3 is 4.42 Å². The molecule has 0 aliphatic carbocycles. The Balaban J connectivity index is 1.88. The number of halogens is 1. The van der Waals surface area contributed by atoms with E-state index in [0.717, 1.165) is 20.0 Å². The van der Waals surface area contributed by atoms with Crippen molar-refractivity contribution in [2.45, 2.75) is 0 Å². The first kappa shape index (κ1) is 11.8. The average molecular weight is 347 g/mol.